The lowest BCUT2D eigenvalue weighted by Crippen LogP contribution is -2.48. The summed E-state index contributed by atoms with van der Waals surface area (Å²) < 4.78 is 5.14. The van der Waals surface area contributed by atoms with Gasteiger partial charge in [-0.1, -0.05) is 19.1 Å². The van der Waals surface area contributed by atoms with Gasteiger partial charge >= 0.3 is 0 Å². The number of rotatable bonds is 7. The van der Waals surface area contributed by atoms with Crippen LogP contribution in [0.15, 0.2) is 24.3 Å². The summed E-state index contributed by atoms with van der Waals surface area (Å²) in [6, 6.07) is 8.23. The molecule has 1 atom stereocenters. The number of aryl methyl sites for hydroxylation is 1. The minimum absolute atomic E-state index is 0.0364. The van der Waals surface area contributed by atoms with Crippen LogP contribution >= 0.6 is 0 Å². The van der Waals surface area contributed by atoms with Crippen molar-refractivity contribution in [3.63, 3.8) is 0 Å². The average Bonchev–Trinajstić information content (AvgIpc) is 2.37. The smallest absolute Gasteiger partial charge is 0.118 e. The molecule has 0 radical (unpaired) electrons. The van der Waals surface area contributed by atoms with Gasteiger partial charge in [0.25, 0.3) is 0 Å². The van der Waals surface area contributed by atoms with Crippen molar-refractivity contribution in [3.05, 3.63) is 29.8 Å². The van der Waals surface area contributed by atoms with Crippen molar-refractivity contribution in [1.29, 1.82) is 0 Å². The Bertz CT molecular complexity index is 323. The van der Waals surface area contributed by atoms with E-state index in [1.807, 2.05) is 12.1 Å². The van der Waals surface area contributed by atoms with Gasteiger partial charge in [0.1, 0.15) is 5.75 Å². The lowest BCUT2D eigenvalue weighted by Gasteiger charge is -2.29. The Kier molecular flexibility index (Phi) is 5.45. The SMILES string of the molecule is CCNC(C)(CN)CCc1ccc(OC)cc1. The van der Waals surface area contributed by atoms with Crippen molar-refractivity contribution in [2.45, 2.75) is 32.2 Å². The van der Waals surface area contributed by atoms with Gasteiger partial charge in [-0.05, 0) is 44.0 Å². The molecule has 0 spiro atoms. The maximum atomic E-state index is 5.82. The number of hydrogen-bond donors (Lipinski definition) is 2. The van der Waals surface area contributed by atoms with Crippen molar-refractivity contribution in [2.24, 2.45) is 5.73 Å². The molecule has 0 aromatic heterocycles. The van der Waals surface area contributed by atoms with Crippen molar-refractivity contribution in [2.75, 3.05) is 20.2 Å². The van der Waals surface area contributed by atoms with E-state index in [4.69, 9.17) is 10.5 Å². The molecule has 3 nitrogen and oxygen atoms in total. The van der Waals surface area contributed by atoms with E-state index in [0.29, 0.717) is 6.54 Å². The molecule has 96 valence electrons. The van der Waals surface area contributed by atoms with Crippen LogP contribution < -0.4 is 15.8 Å². The van der Waals surface area contributed by atoms with Crippen LogP contribution in [-0.2, 0) is 6.42 Å². The first-order valence-corrected chi connectivity index (χ1v) is 6.21. The van der Waals surface area contributed by atoms with E-state index in [1.54, 1.807) is 7.11 Å². The van der Waals surface area contributed by atoms with Crippen LogP contribution in [0.5, 0.6) is 5.75 Å². The fourth-order valence-corrected chi connectivity index (χ4v) is 1.90. The molecule has 0 amide bonds. The minimum atomic E-state index is 0.0364. The van der Waals surface area contributed by atoms with E-state index < -0.39 is 0 Å². The lowest BCUT2D eigenvalue weighted by molar-refractivity contribution is 0.347. The molecule has 0 bridgehead atoms. The fourth-order valence-electron chi connectivity index (χ4n) is 1.90. The summed E-state index contributed by atoms with van der Waals surface area (Å²) in [6.45, 7) is 5.91. The summed E-state index contributed by atoms with van der Waals surface area (Å²) in [5.41, 5.74) is 7.18. The summed E-state index contributed by atoms with van der Waals surface area (Å²) in [4.78, 5) is 0. The number of hydrogen-bond acceptors (Lipinski definition) is 3. The predicted octanol–water partition coefficient (Wildman–Crippen LogP) is 1.95. The largest absolute Gasteiger partial charge is 0.497 e. The van der Waals surface area contributed by atoms with Crippen molar-refractivity contribution in [3.8, 4) is 5.75 Å². The van der Waals surface area contributed by atoms with E-state index in [2.05, 4.69) is 31.3 Å². The Morgan fingerprint density at radius 1 is 1.29 bits per heavy atom. The first-order valence-electron chi connectivity index (χ1n) is 6.21. The Labute approximate surface area is 104 Å². The number of methoxy groups -OCH3 is 1. The Hall–Kier alpha value is -1.06. The molecule has 17 heavy (non-hydrogen) atoms. The van der Waals surface area contributed by atoms with Crippen molar-refractivity contribution >= 4 is 0 Å². The van der Waals surface area contributed by atoms with E-state index in [0.717, 1.165) is 25.1 Å². The molecule has 0 saturated heterocycles. The zero-order chi connectivity index (χ0) is 12.7. The van der Waals surface area contributed by atoms with Crippen LogP contribution in [0, 0.1) is 0 Å². The Morgan fingerprint density at radius 3 is 2.41 bits per heavy atom. The topological polar surface area (TPSA) is 47.3 Å². The molecule has 3 heteroatoms. The molecular weight excluding hydrogens is 212 g/mol. The number of likely N-dealkylation sites (N-methyl/N-ethyl adjacent to an activating group) is 1. The monoisotopic (exact) mass is 236 g/mol. The highest BCUT2D eigenvalue weighted by atomic mass is 16.5. The normalized spacial score (nSPS) is 14.4. The van der Waals surface area contributed by atoms with Crippen LogP contribution in [-0.4, -0.2) is 25.7 Å². The molecule has 1 aromatic rings. The molecule has 0 aliphatic heterocycles. The maximum Gasteiger partial charge on any atom is 0.118 e. The van der Waals surface area contributed by atoms with Gasteiger partial charge < -0.3 is 15.8 Å². The molecule has 3 N–H and O–H groups in total. The highest BCUT2D eigenvalue weighted by Crippen LogP contribution is 2.16. The van der Waals surface area contributed by atoms with Gasteiger partial charge in [-0.3, -0.25) is 0 Å². The first-order chi connectivity index (χ1) is 8.13. The van der Waals surface area contributed by atoms with Gasteiger partial charge in [-0.2, -0.15) is 0 Å². The third-order valence-corrected chi connectivity index (χ3v) is 3.18. The molecule has 1 aromatic carbocycles. The van der Waals surface area contributed by atoms with E-state index in [1.165, 1.54) is 5.56 Å². The van der Waals surface area contributed by atoms with Gasteiger partial charge in [0.2, 0.25) is 0 Å². The predicted molar refractivity (Wildman–Crippen MR) is 72.5 cm³/mol. The molecule has 0 fully saturated rings. The summed E-state index contributed by atoms with van der Waals surface area (Å²) in [7, 11) is 1.69. The van der Waals surface area contributed by atoms with Crippen LogP contribution in [0.25, 0.3) is 0 Å². The molecule has 0 heterocycles. The first kappa shape index (κ1) is 14.0. The van der Waals surface area contributed by atoms with Gasteiger partial charge in [0.15, 0.2) is 0 Å². The number of benzene rings is 1. The van der Waals surface area contributed by atoms with Gasteiger partial charge in [0.05, 0.1) is 7.11 Å². The summed E-state index contributed by atoms with van der Waals surface area (Å²) in [6.07, 6.45) is 2.08. The van der Waals surface area contributed by atoms with Gasteiger partial charge in [0, 0.05) is 12.1 Å². The van der Waals surface area contributed by atoms with Crippen molar-refractivity contribution in [1.82, 2.24) is 5.32 Å². The zero-order valence-corrected chi connectivity index (χ0v) is 11.1. The third kappa shape index (κ3) is 4.36. The fraction of sp³-hybridized carbons (Fsp3) is 0.571. The van der Waals surface area contributed by atoms with Crippen LogP contribution in [0.2, 0.25) is 0 Å². The second-order valence-electron chi connectivity index (χ2n) is 4.64. The molecule has 0 saturated carbocycles. The highest BCUT2D eigenvalue weighted by molar-refractivity contribution is 5.27. The summed E-state index contributed by atoms with van der Waals surface area (Å²) in [5.74, 6) is 0.905. The Balaban J connectivity index is 2.53. The highest BCUT2D eigenvalue weighted by Gasteiger charge is 2.20. The lowest BCUT2D eigenvalue weighted by atomic mass is 9.93. The number of nitrogens with two attached hydrogens (primary N) is 1. The van der Waals surface area contributed by atoms with Crippen LogP contribution in [0.3, 0.4) is 0 Å². The molecule has 0 aliphatic rings. The molecule has 1 rings (SSSR count). The standard InChI is InChI=1S/C14H24N2O/c1-4-16-14(2,11-15)10-9-12-5-7-13(17-3)8-6-12/h5-8,16H,4,9-11,15H2,1-3H3. The minimum Gasteiger partial charge on any atom is -0.497 e. The molecule has 0 aliphatic carbocycles. The van der Waals surface area contributed by atoms with E-state index in [9.17, 15) is 0 Å². The van der Waals surface area contributed by atoms with E-state index >= 15 is 0 Å². The molecule has 1 unspecified atom stereocenters. The number of ether oxygens (including phenoxy) is 1. The number of nitrogens with one attached hydrogen (secondary N) is 1. The zero-order valence-electron chi connectivity index (χ0n) is 11.1. The third-order valence-electron chi connectivity index (χ3n) is 3.18. The van der Waals surface area contributed by atoms with Crippen LogP contribution in [0.1, 0.15) is 25.8 Å². The second kappa shape index (κ2) is 6.62. The van der Waals surface area contributed by atoms with Crippen LogP contribution in [0.4, 0.5) is 0 Å². The van der Waals surface area contributed by atoms with Gasteiger partial charge in [-0.25, -0.2) is 0 Å². The van der Waals surface area contributed by atoms with E-state index in [-0.39, 0.29) is 5.54 Å². The summed E-state index contributed by atoms with van der Waals surface area (Å²) >= 11 is 0. The second-order valence-corrected chi connectivity index (χ2v) is 4.64. The average molecular weight is 236 g/mol. The van der Waals surface area contributed by atoms with Gasteiger partial charge in [-0.15, -0.1) is 0 Å². The quantitative estimate of drug-likeness (QED) is 0.760. The maximum absolute atomic E-state index is 5.82. The molecular formula is C14H24N2O. The summed E-state index contributed by atoms with van der Waals surface area (Å²) in [5, 5.41) is 3.45. The van der Waals surface area contributed by atoms with Crippen molar-refractivity contribution < 1.29 is 4.74 Å². The Morgan fingerprint density at radius 2 is 1.94 bits per heavy atom.